The minimum absolute atomic E-state index is 0.137. The van der Waals surface area contributed by atoms with Gasteiger partial charge in [-0.1, -0.05) is 116 Å². The van der Waals surface area contributed by atoms with E-state index in [1.54, 1.807) is 0 Å². The molecule has 1 aliphatic carbocycles. The van der Waals surface area contributed by atoms with Crippen LogP contribution >= 0.6 is 0 Å². The van der Waals surface area contributed by atoms with Crippen molar-refractivity contribution in [3.05, 3.63) is 119 Å². The molecular weight excluding hydrogens is 721 g/mol. The van der Waals surface area contributed by atoms with Gasteiger partial charge in [0.1, 0.15) is 28.6 Å². The summed E-state index contributed by atoms with van der Waals surface area (Å²) in [5, 5.41) is 0. The van der Waals surface area contributed by atoms with Gasteiger partial charge in [-0.3, -0.25) is 9.59 Å². The number of benzene rings is 4. The van der Waals surface area contributed by atoms with Crippen LogP contribution in [0.15, 0.2) is 97.1 Å². The van der Waals surface area contributed by atoms with Crippen LogP contribution < -0.4 is 18.9 Å². The first-order chi connectivity index (χ1) is 27.7. The number of esters is 2. The standard InChI is InChI=1S/C52H68O6/c1-11-37(6)55-42-27-19-38(20-28-42)50(9,10)39-21-29-43(30-22-39)56-47(53)46(12-2)52(14-4,15-5)58-45-33-25-41(26-34-45)51(35-17-16-18-36-51)40-23-31-44(32-24-40)57-48(54)49(7,8)13-3/h19-34,37,46H,11-18,35-36H2,1-10H3. The molecule has 1 fully saturated rings. The van der Waals surface area contributed by atoms with Crippen LogP contribution in [-0.4, -0.2) is 23.6 Å². The molecule has 312 valence electrons. The molecule has 58 heavy (non-hydrogen) atoms. The summed E-state index contributed by atoms with van der Waals surface area (Å²) in [5.74, 6) is 1.78. The van der Waals surface area contributed by atoms with Crippen molar-refractivity contribution < 1.29 is 28.5 Å². The summed E-state index contributed by atoms with van der Waals surface area (Å²) >= 11 is 0. The van der Waals surface area contributed by atoms with Crippen LogP contribution in [0.5, 0.6) is 23.0 Å². The predicted octanol–water partition coefficient (Wildman–Crippen LogP) is 13.4. The molecule has 0 saturated heterocycles. The maximum absolute atomic E-state index is 14.0. The van der Waals surface area contributed by atoms with Gasteiger partial charge >= 0.3 is 11.9 Å². The van der Waals surface area contributed by atoms with Crippen molar-refractivity contribution in [1.82, 2.24) is 0 Å². The fourth-order valence-corrected chi connectivity index (χ4v) is 8.48. The minimum atomic E-state index is -0.734. The molecule has 0 heterocycles. The third-order valence-corrected chi connectivity index (χ3v) is 13.3. The number of rotatable bonds is 18. The van der Waals surface area contributed by atoms with E-state index in [2.05, 4.69) is 102 Å². The SMILES string of the molecule is CCC(C)Oc1ccc(C(C)(C)c2ccc(OC(=O)C(CC)C(CC)(CC)Oc3ccc(C4(c5ccc(OC(=O)C(C)(C)CC)cc5)CCCCC4)cc3)cc2)cc1. The lowest BCUT2D eigenvalue weighted by atomic mass is 9.65. The predicted molar refractivity (Wildman–Crippen MR) is 235 cm³/mol. The third-order valence-electron chi connectivity index (χ3n) is 13.3. The molecule has 1 aliphatic rings. The van der Waals surface area contributed by atoms with E-state index in [1.165, 1.54) is 23.1 Å². The molecule has 1 saturated carbocycles. The van der Waals surface area contributed by atoms with Gasteiger partial charge < -0.3 is 18.9 Å². The van der Waals surface area contributed by atoms with Gasteiger partial charge in [-0.25, -0.2) is 0 Å². The van der Waals surface area contributed by atoms with E-state index >= 15 is 0 Å². The maximum atomic E-state index is 14.0. The zero-order chi connectivity index (χ0) is 42.1. The van der Waals surface area contributed by atoms with Crippen molar-refractivity contribution in [2.24, 2.45) is 11.3 Å². The summed E-state index contributed by atoms with van der Waals surface area (Å²) in [5.41, 5.74) is 3.14. The quantitative estimate of drug-likeness (QED) is 0.0739. The molecule has 2 atom stereocenters. The van der Waals surface area contributed by atoms with E-state index in [-0.39, 0.29) is 28.9 Å². The van der Waals surface area contributed by atoms with Crippen LogP contribution in [0.3, 0.4) is 0 Å². The van der Waals surface area contributed by atoms with Gasteiger partial charge in [0.2, 0.25) is 0 Å². The van der Waals surface area contributed by atoms with E-state index in [0.29, 0.717) is 37.2 Å². The first-order valence-corrected chi connectivity index (χ1v) is 21.9. The van der Waals surface area contributed by atoms with Crippen LogP contribution in [-0.2, 0) is 20.4 Å². The second kappa shape index (κ2) is 19.0. The third kappa shape index (κ3) is 9.81. The first kappa shape index (κ1) is 44.5. The zero-order valence-electron chi connectivity index (χ0n) is 36.9. The summed E-state index contributed by atoms with van der Waals surface area (Å²) in [6.45, 7) is 20.7. The number of ether oxygens (including phenoxy) is 4. The summed E-state index contributed by atoms with van der Waals surface area (Å²) in [4.78, 5) is 26.7. The number of hydrogen-bond donors (Lipinski definition) is 0. The molecule has 0 radical (unpaired) electrons. The van der Waals surface area contributed by atoms with E-state index in [1.807, 2.05) is 64.1 Å². The molecular formula is C52H68O6. The van der Waals surface area contributed by atoms with Crippen molar-refractivity contribution in [2.45, 2.75) is 156 Å². The van der Waals surface area contributed by atoms with E-state index in [9.17, 15) is 9.59 Å². The normalized spacial score (nSPS) is 15.6. The van der Waals surface area contributed by atoms with Gasteiger partial charge in [0, 0.05) is 10.8 Å². The van der Waals surface area contributed by atoms with Gasteiger partial charge in [0.05, 0.1) is 17.4 Å². The highest BCUT2D eigenvalue weighted by Gasteiger charge is 2.43. The highest BCUT2D eigenvalue weighted by atomic mass is 16.5. The summed E-state index contributed by atoms with van der Waals surface area (Å²) in [7, 11) is 0. The van der Waals surface area contributed by atoms with Crippen molar-refractivity contribution in [3.8, 4) is 23.0 Å². The molecule has 6 heteroatoms. The molecule has 0 bridgehead atoms. The Balaban J connectivity index is 1.29. The van der Waals surface area contributed by atoms with Gasteiger partial charge in [0.15, 0.2) is 0 Å². The average Bonchev–Trinajstić information content (AvgIpc) is 3.24. The van der Waals surface area contributed by atoms with Crippen LogP contribution in [0, 0.1) is 11.3 Å². The second-order valence-electron chi connectivity index (χ2n) is 17.6. The van der Waals surface area contributed by atoms with Gasteiger partial charge in [-0.2, -0.15) is 0 Å². The lowest BCUT2D eigenvalue weighted by Gasteiger charge is -2.40. The molecule has 0 amide bonds. The van der Waals surface area contributed by atoms with Crippen molar-refractivity contribution >= 4 is 11.9 Å². The largest absolute Gasteiger partial charge is 0.491 e. The zero-order valence-corrected chi connectivity index (χ0v) is 36.9. The van der Waals surface area contributed by atoms with Crippen LogP contribution in [0.25, 0.3) is 0 Å². The van der Waals surface area contributed by atoms with Crippen LogP contribution in [0.2, 0.25) is 0 Å². The van der Waals surface area contributed by atoms with Gasteiger partial charge in [0.25, 0.3) is 0 Å². The lowest BCUT2D eigenvalue weighted by Crippen LogP contribution is -2.47. The topological polar surface area (TPSA) is 71.1 Å². The average molecular weight is 789 g/mol. The molecule has 0 aromatic heterocycles. The molecule has 4 aromatic carbocycles. The Bertz CT molecular complexity index is 1910. The molecule has 0 aliphatic heterocycles. The van der Waals surface area contributed by atoms with Crippen LogP contribution in [0.4, 0.5) is 0 Å². The lowest BCUT2D eigenvalue weighted by molar-refractivity contribution is -0.148. The maximum Gasteiger partial charge on any atom is 0.318 e. The van der Waals surface area contributed by atoms with E-state index < -0.39 is 16.9 Å². The van der Waals surface area contributed by atoms with Crippen LogP contribution in [0.1, 0.15) is 156 Å². The van der Waals surface area contributed by atoms with Gasteiger partial charge in [-0.05, 0) is 137 Å². The molecule has 6 nitrogen and oxygen atoms in total. The molecule has 0 spiro atoms. The Morgan fingerprint density at radius 1 is 0.586 bits per heavy atom. The van der Waals surface area contributed by atoms with E-state index in [4.69, 9.17) is 18.9 Å². The van der Waals surface area contributed by atoms with E-state index in [0.717, 1.165) is 49.2 Å². The Morgan fingerprint density at radius 3 is 1.52 bits per heavy atom. The number of carbonyl (C=O) groups excluding carboxylic acids is 2. The molecule has 5 rings (SSSR count). The Kier molecular flexibility index (Phi) is 14.6. The second-order valence-corrected chi connectivity index (χ2v) is 17.6. The van der Waals surface area contributed by atoms with Gasteiger partial charge in [-0.15, -0.1) is 0 Å². The molecule has 4 aromatic rings. The highest BCUT2D eigenvalue weighted by molar-refractivity contribution is 5.78. The Morgan fingerprint density at radius 2 is 1.05 bits per heavy atom. The molecule has 0 N–H and O–H groups in total. The smallest absolute Gasteiger partial charge is 0.318 e. The number of hydrogen-bond acceptors (Lipinski definition) is 6. The Hall–Kier alpha value is -4.58. The minimum Gasteiger partial charge on any atom is -0.491 e. The number of carbonyl (C=O) groups is 2. The fraction of sp³-hybridized carbons (Fsp3) is 0.500. The fourth-order valence-electron chi connectivity index (χ4n) is 8.48. The summed E-state index contributed by atoms with van der Waals surface area (Å²) in [6, 6.07) is 32.9. The first-order valence-electron chi connectivity index (χ1n) is 21.9. The monoisotopic (exact) mass is 789 g/mol. The van der Waals surface area contributed by atoms with Crippen molar-refractivity contribution in [1.29, 1.82) is 0 Å². The van der Waals surface area contributed by atoms with Crippen molar-refractivity contribution in [2.75, 3.05) is 0 Å². The Labute approximate surface area is 349 Å². The highest BCUT2D eigenvalue weighted by Crippen LogP contribution is 2.46. The summed E-state index contributed by atoms with van der Waals surface area (Å²) in [6.07, 6.45) is 9.37. The van der Waals surface area contributed by atoms with Crippen molar-refractivity contribution in [3.63, 3.8) is 0 Å². The molecule has 2 unspecified atom stereocenters. The summed E-state index contributed by atoms with van der Waals surface area (Å²) < 4.78 is 24.7.